The van der Waals surface area contributed by atoms with Crippen LogP contribution in [0.2, 0.25) is 0 Å². The maximum absolute atomic E-state index is 5.83. The van der Waals surface area contributed by atoms with Crippen LogP contribution in [-0.4, -0.2) is 34.1 Å². The van der Waals surface area contributed by atoms with Crippen molar-refractivity contribution in [2.45, 2.75) is 24.7 Å². The zero-order chi connectivity index (χ0) is 68.8. The standard InChI is InChI=1S/C97H63N7/c1-96(2)80-58-67(47-50-72(80)73-51-55-86-89(90(73)96)77-57-66(61-27-10-4-11-28-61)49-54-84(77)104(86)95-101-92(65-30-12-5-13-31-65)100-93(102-95)74-40-24-32-63-29-18-19-37-71(63)74)68-48-53-81-82(59-68)98-91(64-45-43-62(44-46-64)60-25-8-3-9-26-60)94(99-81)103-83-42-23-21-39-76(83)88-85(103)56-52-79-87(88)75-38-20-22-41-78(75)97(79,69-33-14-6-15-34-69)70-35-16-7-17-36-70/h3-59H,1-2H3. The van der Waals surface area contributed by atoms with Gasteiger partial charge in [0.25, 0.3) is 0 Å². The van der Waals surface area contributed by atoms with Crippen LogP contribution in [0.1, 0.15) is 47.2 Å². The normalized spacial score (nSPS) is 13.2. The van der Waals surface area contributed by atoms with E-state index >= 15 is 0 Å². The molecule has 0 unspecified atom stereocenters. The van der Waals surface area contributed by atoms with Crippen molar-refractivity contribution in [3.05, 3.63) is 379 Å². The first-order valence-electron chi connectivity index (χ1n) is 35.7. The van der Waals surface area contributed by atoms with Gasteiger partial charge in [-0.25, -0.2) is 15.0 Å². The summed E-state index contributed by atoms with van der Waals surface area (Å²) in [4.78, 5) is 27.8. The molecule has 0 N–H and O–H groups in total. The van der Waals surface area contributed by atoms with Gasteiger partial charge in [0, 0.05) is 43.7 Å². The first-order valence-corrected chi connectivity index (χ1v) is 35.7. The number of nitrogens with zero attached hydrogens (tertiary/aromatic N) is 7. The summed E-state index contributed by atoms with van der Waals surface area (Å²) in [7, 11) is 0. The van der Waals surface area contributed by atoms with Gasteiger partial charge in [-0.3, -0.25) is 9.13 Å². The Hall–Kier alpha value is -13.5. The third kappa shape index (κ3) is 8.87. The molecule has 0 atom stereocenters. The molecule has 0 saturated carbocycles. The van der Waals surface area contributed by atoms with E-state index in [2.05, 4.69) is 351 Å². The quantitative estimate of drug-likeness (QED) is 0.136. The molecule has 19 aromatic rings. The molecule has 0 saturated heterocycles. The van der Waals surface area contributed by atoms with Crippen molar-refractivity contribution in [1.82, 2.24) is 34.1 Å². The average Bonchev–Trinajstić information content (AvgIpc) is 1.53. The molecule has 486 valence electrons. The van der Waals surface area contributed by atoms with Crippen molar-refractivity contribution >= 4 is 65.4 Å². The summed E-state index contributed by atoms with van der Waals surface area (Å²) in [5, 5.41) is 6.87. The zero-order valence-electron chi connectivity index (χ0n) is 57.0. The van der Waals surface area contributed by atoms with Gasteiger partial charge in [-0.1, -0.05) is 311 Å². The fourth-order valence-electron chi connectivity index (χ4n) is 17.6. The van der Waals surface area contributed by atoms with Crippen LogP contribution in [0, 0.1) is 0 Å². The maximum Gasteiger partial charge on any atom is 0.238 e. The van der Waals surface area contributed by atoms with E-state index in [1.807, 2.05) is 18.2 Å². The minimum Gasteiger partial charge on any atom is -0.292 e. The number of para-hydroxylation sites is 1. The van der Waals surface area contributed by atoms with Gasteiger partial charge in [-0.05, 0) is 148 Å². The van der Waals surface area contributed by atoms with Crippen LogP contribution in [0.3, 0.4) is 0 Å². The van der Waals surface area contributed by atoms with E-state index in [9.17, 15) is 0 Å². The Morgan fingerprint density at radius 3 is 1.57 bits per heavy atom. The fourth-order valence-corrected chi connectivity index (χ4v) is 17.6. The lowest BCUT2D eigenvalue weighted by Gasteiger charge is -2.33. The molecule has 0 spiro atoms. The SMILES string of the molecule is CC1(C)c2cc(-c3ccc4nc(-n5c6ccccc6c6c7c(ccc65)C(c5ccccc5)(c5ccccc5)c5ccccc5-7)c(-c5ccc(-c6ccccc6)cc5)nc4c3)ccc2-c2ccc3c(c21)c1cc(-c2ccccc2)ccc1n3-c1nc(-c2ccccc2)nc(-c2cccc3ccccc23)n1. The summed E-state index contributed by atoms with van der Waals surface area (Å²) >= 11 is 0. The van der Waals surface area contributed by atoms with Gasteiger partial charge >= 0.3 is 0 Å². The van der Waals surface area contributed by atoms with Crippen LogP contribution in [0.25, 0.3) is 167 Å². The molecule has 4 aromatic heterocycles. The molecule has 4 heterocycles. The van der Waals surface area contributed by atoms with Crippen LogP contribution >= 0.6 is 0 Å². The minimum atomic E-state index is -0.562. The van der Waals surface area contributed by atoms with Crippen molar-refractivity contribution in [3.63, 3.8) is 0 Å². The van der Waals surface area contributed by atoms with Gasteiger partial charge in [0.15, 0.2) is 17.5 Å². The lowest BCUT2D eigenvalue weighted by atomic mass is 9.67. The van der Waals surface area contributed by atoms with Crippen molar-refractivity contribution in [2.75, 3.05) is 0 Å². The van der Waals surface area contributed by atoms with Gasteiger partial charge < -0.3 is 0 Å². The third-order valence-corrected chi connectivity index (χ3v) is 22.2. The zero-order valence-corrected chi connectivity index (χ0v) is 57.0. The predicted octanol–water partition coefficient (Wildman–Crippen LogP) is 23.8. The first-order chi connectivity index (χ1) is 51.3. The van der Waals surface area contributed by atoms with E-state index in [4.69, 9.17) is 24.9 Å². The lowest BCUT2D eigenvalue weighted by Crippen LogP contribution is -2.28. The summed E-state index contributed by atoms with van der Waals surface area (Å²) < 4.78 is 4.65. The fraction of sp³-hybridized carbons (Fsp3) is 0.0412. The highest BCUT2D eigenvalue weighted by Crippen LogP contribution is 2.60. The number of hydrogen-bond acceptors (Lipinski definition) is 5. The summed E-state index contributed by atoms with van der Waals surface area (Å²) in [6, 6.07) is 125. The molecule has 2 aliphatic rings. The summed E-state index contributed by atoms with van der Waals surface area (Å²) in [6.07, 6.45) is 0. The topological polar surface area (TPSA) is 74.3 Å². The molecular weight excluding hydrogens is 1260 g/mol. The second-order valence-corrected chi connectivity index (χ2v) is 28.2. The van der Waals surface area contributed by atoms with Gasteiger partial charge in [-0.2, -0.15) is 9.97 Å². The Kier molecular flexibility index (Phi) is 13.1. The Labute approximate surface area is 601 Å². The van der Waals surface area contributed by atoms with Gasteiger partial charge in [0.05, 0.1) is 38.5 Å². The van der Waals surface area contributed by atoms with Crippen LogP contribution in [-0.2, 0) is 10.8 Å². The van der Waals surface area contributed by atoms with Crippen LogP contribution in [0.5, 0.6) is 0 Å². The van der Waals surface area contributed by atoms with E-state index in [0.717, 1.165) is 116 Å². The van der Waals surface area contributed by atoms with Gasteiger partial charge in [0.2, 0.25) is 5.95 Å². The van der Waals surface area contributed by atoms with Gasteiger partial charge in [-0.15, -0.1) is 0 Å². The summed E-state index contributed by atoms with van der Waals surface area (Å²) in [6.45, 7) is 4.79. The highest BCUT2D eigenvalue weighted by molar-refractivity contribution is 6.19. The van der Waals surface area contributed by atoms with Crippen LogP contribution in [0.4, 0.5) is 0 Å². The Morgan fingerprint density at radius 2 is 0.808 bits per heavy atom. The molecule has 0 fully saturated rings. The molecule has 15 aromatic carbocycles. The largest absolute Gasteiger partial charge is 0.292 e. The molecule has 2 aliphatic carbocycles. The van der Waals surface area contributed by atoms with E-state index in [1.54, 1.807) is 0 Å². The molecule has 0 bridgehead atoms. The maximum atomic E-state index is 5.83. The van der Waals surface area contributed by atoms with Crippen LogP contribution < -0.4 is 0 Å². The van der Waals surface area contributed by atoms with Crippen molar-refractivity contribution in [2.24, 2.45) is 0 Å². The summed E-state index contributed by atoms with van der Waals surface area (Å²) in [5.41, 5.74) is 27.6. The molecule has 104 heavy (non-hydrogen) atoms. The van der Waals surface area contributed by atoms with Crippen molar-refractivity contribution in [3.8, 4) is 101 Å². The molecule has 0 amide bonds. The Morgan fingerprint density at radius 1 is 0.279 bits per heavy atom. The predicted molar refractivity (Wildman–Crippen MR) is 427 cm³/mol. The third-order valence-electron chi connectivity index (χ3n) is 22.2. The van der Waals surface area contributed by atoms with Crippen molar-refractivity contribution in [1.29, 1.82) is 0 Å². The number of rotatable bonds is 10. The monoisotopic (exact) mass is 1330 g/mol. The smallest absolute Gasteiger partial charge is 0.238 e. The highest BCUT2D eigenvalue weighted by Gasteiger charge is 2.47. The van der Waals surface area contributed by atoms with Crippen LogP contribution in [0.15, 0.2) is 346 Å². The molecule has 7 nitrogen and oxygen atoms in total. The molecule has 0 radical (unpaired) electrons. The Bertz CT molecular complexity index is 6670. The molecular formula is C97H63N7. The second kappa shape index (κ2) is 23.0. The van der Waals surface area contributed by atoms with E-state index in [0.29, 0.717) is 17.6 Å². The lowest BCUT2D eigenvalue weighted by molar-refractivity contribution is 0.667. The molecule has 21 rings (SSSR count). The number of benzene rings is 15. The van der Waals surface area contributed by atoms with E-state index < -0.39 is 10.8 Å². The minimum absolute atomic E-state index is 0.454. The highest BCUT2D eigenvalue weighted by atomic mass is 15.2. The molecule has 7 heteroatoms. The number of aromatic nitrogens is 7. The molecule has 0 aliphatic heterocycles. The van der Waals surface area contributed by atoms with E-state index in [1.165, 1.54) is 66.4 Å². The second-order valence-electron chi connectivity index (χ2n) is 28.2. The first kappa shape index (κ1) is 59.4. The number of hydrogen-bond donors (Lipinski definition) is 0. The van der Waals surface area contributed by atoms with Crippen molar-refractivity contribution < 1.29 is 0 Å². The average molecular weight is 1330 g/mol. The Balaban J connectivity index is 0.734. The van der Waals surface area contributed by atoms with E-state index in [-0.39, 0.29) is 0 Å². The van der Waals surface area contributed by atoms with Gasteiger partial charge in [0.1, 0.15) is 5.69 Å². The summed E-state index contributed by atoms with van der Waals surface area (Å²) in [5.74, 6) is 2.55. The number of fused-ring (bicyclic) bond motifs is 16.